The third kappa shape index (κ3) is 20.0. The fourth-order valence-corrected chi connectivity index (χ4v) is 7.98. The Morgan fingerprint density at radius 3 is 1.20 bits per heavy atom. The molecule has 3 aromatic rings. The van der Waals surface area contributed by atoms with Crippen molar-refractivity contribution in [1.29, 1.82) is 0 Å². The topological polar surface area (TPSA) is 315 Å². The van der Waals surface area contributed by atoms with E-state index in [-0.39, 0.29) is 37.0 Å². The Morgan fingerprint density at radius 2 is 0.848 bits per heavy atom. The maximum absolute atomic E-state index is 12.8. The number of nitrogens with one attached hydrogen (secondary N) is 2. The Morgan fingerprint density at radius 1 is 0.532 bits per heavy atom. The van der Waals surface area contributed by atoms with E-state index in [9.17, 15) is 53.1 Å². The minimum atomic E-state index is -1.27. The zero-order chi connectivity index (χ0) is 58.5. The summed E-state index contributed by atoms with van der Waals surface area (Å²) in [6.07, 6.45) is -5.54. The van der Waals surface area contributed by atoms with Gasteiger partial charge in [0.15, 0.2) is 35.9 Å². The van der Waals surface area contributed by atoms with Gasteiger partial charge in [-0.25, -0.2) is 19.2 Å². The van der Waals surface area contributed by atoms with Crippen LogP contribution in [0.5, 0.6) is 0 Å². The summed E-state index contributed by atoms with van der Waals surface area (Å²) in [5, 5.41) is 14.7. The molecule has 3 heterocycles. The van der Waals surface area contributed by atoms with Crippen molar-refractivity contribution >= 4 is 75.1 Å². The van der Waals surface area contributed by atoms with Crippen LogP contribution < -0.4 is 16.4 Å². The number of amides is 2. The molecule has 0 saturated carbocycles. The van der Waals surface area contributed by atoms with Crippen LogP contribution in [0.25, 0.3) is 0 Å². The molecular weight excluding hydrogens is 1030 g/mol. The molecular formula is C55H63B2N3O19. The van der Waals surface area contributed by atoms with Gasteiger partial charge in [0.25, 0.3) is 0 Å². The number of aliphatic hydroxyl groups is 1. The average molecular weight is 1090 g/mol. The first-order chi connectivity index (χ1) is 37.4. The number of rotatable bonds is 12. The third-order valence-electron chi connectivity index (χ3n) is 12.2. The zero-order valence-electron chi connectivity index (χ0n) is 44.3. The Labute approximate surface area is 459 Å². The number of carbonyl (C=O) groups is 10. The molecule has 2 amide bonds. The number of hydrogen-bond donors (Lipinski definition) is 4. The molecule has 79 heavy (non-hydrogen) atoms. The molecule has 3 aliphatic rings. The van der Waals surface area contributed by atoms with Crippen molar-refractivity contribution in [3.05, 3.63) is 132 Å². The van der Waals surface area contributed by atoms with Crippen molar-refractivity contribution in [2.75, 3.05) is 19.8 Å². The van der Waals surface area contributed by atoms with Gasteiger partial charge in [0, 0.05) is 11.1 Å². The van der Waals surface area contributed by atoms with Crippen molar-refractivity contribution in [1.82, 2.24) is 10.6 Å². The van der Waals surface area contributed by atoms with E-state index in [4.69, 9.17) is 59.3 Å². The summed E-state index contributed by atoms with van der Waals surface area (Å²) in [5.41, 5.74) is 8.45. The minimum absolute atomic E-state index is 0.128. The molecule has 5 N–H and O–H groups in total. The number of cyclic esters (lactones) is 6. The largest absolute Gasteiger partial charge is 0.463 e. The molecule has 3 fully saturated rings. The highest BCUT2D eigenvalue weighted by molar-refractivity contribution is 6.57. The van der Waals surface area contributed by atoms with Gasteiger partial charge in [-0.1, -0.05) is 104 Å². The monoisotopic (exact) mass is 1090 g/mol. The predicted octanol–water partition coefficient (Wildman–Crippen LogP) is 2.16. The molecule has 418 valence electrons. The number of hydrogen-bond acceptors (Lipinski definition) is 20. The summed E-state index contributed by atoms with van der Waals surface area (Å²) < 4.78 is 42.1. The van der Waals surface area contributed by atoms with Crippen LogP contribution in [0.15, 0.2) is 115 Å². The Kier molecular flexibility index (Phi) is 24.7. The summed E-state index contributed by atoms with van der Waals surface area (Å²) in [7, 11) is 10.1. The Balaban J connectivity index is 0.000000256. The highest BCUT2D eigenvalue weighted by Crippen LogP contribution is 2.27. The molecule has 3 aromatic carbocycles. The standard InChI is InChI=1S/C20H22BNO7.C19H23NO6.C16H18BNO6/c1-11(2)17(23)29-16-12(3)28-19(25)15(22-20(21)26)10-27-18(24)14(16)9-13-7-5-4-6-8-13;1-11(2)17(21)26-16-12(3)25-19(23)15(20)10-24-18(22)14(16)9-13-7-5-4-6-8-13;1-9-13(19)11(7-10-5-3-2-4-6-10)14(20)23-8-12(15(21)24-9)18-16(17)22/h4-8,12,14-16H,1,9-10H2,2-3H3,(H,22,26);4-8,12,14-16H,1,9-10,20H2,2-3H3;2-6,9,11-13,19H,7-8H2,1H3,(H,18,22)/t12-,14+,15-,16-;12-,14+,15?,16-;9-,11+,12-,13-/m000/s1. The second-order valence-electron chi connectivity index (χ2n) is 18.7. The molecule has 12 atom stereocenters. The molecule has 6 rings (SSSR count). The second-order valence-corrected chi connectivity index (χ2v) is 18.7. The first-order valence-corrected chi connectivity index (χ1v) is 24.9. The zero-order valence-corrected chi connectivity index (χ0v) is 44.3. The van der Waals surface area contributed by atoms with Gasteiger partial charge in [0.05, 0.1) is 5.92 Å². The molecule has 0 aliphatic carbocycles. The first kappa shape index (κ1) is 63.4. The second kappa shape index (κ2) is 30.7. The van der Waals surface area contributed by atoms with Crippen LogP contribution in [-0.2, 0) is 95.5 Å². The van der Waals surface area contributed by atoms with E-state index in [1.54, 1.807) is 19.1 Å². The molecule has 0 aromatic heterocycles. The Hall–Kier alpha value is -8.11. The van der Waals surface area contributed by atoms with Gasteiger partial charge < -0.3 is 59.4 Å². The van der Waals surface area contributed by atoms with Gasteiger partial charge in [-0.15, -0.1) is 0 Å². The molecule has 1 unspecified atom stereocenters. The predicted molar refractivity (Wildman–Crippen MR) is 280 cm³/mol. The summed E-state index contributed by atoms with van der Waals surface area (Å²) in [4.78, 5) is 120. The van der Waals surface area contributed by atoms with E-state index < -0.39 is 145 Å². The van der Waals surface area contributed by atoms with Gasteiger partial charge in [-0.05, 0) is 70.6 Å². The molecule has 3 aliphatic heterocycles. The quantitative estimate of drug-likeness (QED) is 0.0874. The van der Waals surface area contributed by atoms with Gasteiger partial charge in [-0.2, -0.15) is 0 Å². The number of ether oxygens (including phenoxy) is 8. The summed E-state index contributed by atoms with van der Waals surface area (Å²) in [6, 6.07) is 23.8. The van der Waals surface area contributed by atoms with Crippen LogP contribution in [0.3, 0.4) is 0 Å². The molecule has 3 saturated heterocycles. The lowest BCUT2D eigenvalue weighted by molar-refractivity contribution is -0.172. The number of esters is 8. The molecule has 22 nitrogen and oxygen atoms in total. The SMILES string of the molecule is C=C(C)C(=O)O[C@H]1[C@H](C)OC(=O)C(N)COC(=O)[C@@H]1Cc1ccccc1.[B]C(=O)N[C@H]1COC(=O)[C@H](Cc2ccccc2)[C@@H](O)[C@H](C)OC1=O.[B]C(=O)N[C@H]1COC(=O)[C@H](Cc2ccccc2)[C@@H](OC(=O)C(=C)C)[C@H](C)OC1=O. The van der Waals surface area contributed by atoms with E-state index in [2.05, 4.69) is 23.8 Å². The van der Waals surface area contributed by atoms with Crippen LogP contribution in [-0.4, -0.2) is 155 Å². The van der Waals surface area contributed by atoms with Crippen molar-refractivity contribution in [3.8, 4) is 0 Å². The van der Waals surface area contributed by atoms with Crippen LogP contribution in [0.2, 0.25) is 0 Å². The van der Waals surface area contributed by atoms with Crippen LogP contribution in [0.4, 0.5) is 9.59 Å². The molecule has 0 bridgehead atoms. The van der Waals surface area contributed by atoms with Crippen LogP contribution in [0, 0.1) is 17.8 Å². The molecule has 24 heteroatoms. The van der Waals surface area contributed by atoms with E-state index in [0.29, 0.717) is 0 Å². The average Bonchev–Trinajstić information content (AvgIpc) is 3.50. The number of aliphatic hydroxyl groups excluding tert-OH is 1. The highest BCUT2D eigenvalue weighted by atomic mass is 16.6. The van der Waals surface area contributed by atoms with E-state index in [1.807, 2.05) is 78.9 Å². The smallest absolute Gasteiger partial charge is 0.333 e. The van der Waals surface area contributed by atoms with Crippen LogP contribution >= 0.6 is 0 Å². The van der Waals surface area contributed by atoms with Gasteiger partial charge >= 0.3 is 47.8 Å². The lowest BCUT2D eigenvalue weighted by atomic mass is 9.91. The fourth-order valence-electron chi connectivity index (χ4n) is 7.98. The number of benzene rings is 3. The maximum atomic E-state index is 12.8. The van der Waals surface area contributed by atoms with Crippen molar-refractivity contribution in [2.45, 2.75) is 109 Å². The Bertz CT molecular complexity index is 2660. The van der Waals surface area contributed by atoms with Crippen molar-refractivity contribution in [3.63, 3.8) is 0 Å². The highest BCUT2D eigenvalue weighted by Gasteiger charge is 2.44. The van der Waals surface area contributed by atoms with E-state index >= 15 is 0 Å². The van der Waals surface area contributed by atoms with Gasteiger partial charge in [-0.3, -0.25) is 28.8 Å². The fraction of sp³-hybridized carbons (Fsp3) is 0.418. The normalized spacial score (nSPS) is 26.3. The van der Waals surface area contributed by atoms with Crippen molar-refractivity contribution in [2.24, 2.45) is 23.5 Å². The minimum Gasteiger partial charge on any atom is -0.463 e. The first-order valence-electron chi connectivity index (χ1n) is 24.9. The van der Waals surface area contributed by atoms with Crippen LogP contribution in [0.1, 0.15) is 51.3 Å². The van der Waals surface area contributed by atoms with Gasteiger partial charge in [0.2, 0.25) is 15.7 Å². The number of nitrogens with two attached hydrogens (primary N) is 1. The number of carbonyl (C=O) groups excluding carboxylic acids is 10. The lowest BCUT2D eigenvalue weighted by Crippen LogP contribution is -2.46. The van der Waals surface area contributed by atoms with E-state index in [0.717, 1.165) is 16.7 Å². The molecule has 0 spiro atoms. The summed E-state index contributed by atoms with van der Waals surface area (Å²) in [5.74, 6) is -10.4. The van der Waals surface area contributed by atoms with Gasteiger partial charge in [0.1, 0.15) is 62.1 Å². The molecule has 4 radical (unpaired) electrons. The van der Waals surface area contributed by atoms with Crippen molar-refractivity contribution < 1.29 is 90.9 Å². The summed E-state index contributed by atoms with van der Waals surface area (Å²) >= 11 is 0. The van der Waals surface area contributed by atoms with E-state index in [1.165, 1.54) is 27.7 Å². The third-order valence-corrected chi connectivity index (χ3v) is 12.2. The maximum Gasteiger partial charge on any atom is 0.333 e. The lowest BCUT2D eigenvalue weighted by Gasteiger charge is -2.29. The summed E-state index contributed by atoms with van der Waals surface area (Å²) in [6.45, 7) is 13.4.